The number of ether oxygens (including phenoxy) is 1. The number of aryl methyl sites for hydroxylation is 1. The Morgan fingerprint density at radius 3 is 2.18 bits per heavy atom. The Hall–Kier alpha value is -3.45. The molecule has 0 bridgehead atoms. The summed E-state index contributed by atoms with van der Waals surface area (Å²) in [4.78, 5) is 19.3. The van der Waals surface area contributed by atoms with Crippen LogP contribution in [0.1, 0.15) is 28.4 Å². The topological polar surface area (TPSA) is 76.0 Å². The van der Waals surface area contributed by atoms with Crippen molar-refractivity contribution in [2.24, 2.45) is 4.99 Å². The Bertz CT molecular complexity index is 1270. The number of hydrogen-bond acceptors (Lipinski definition) is 5. The molecular formula is C27H28N2O4S. The molecule has 0 aliphatic carbocycles. The summed E-state index contributed by atoms with van der Waals surface area (Å²) in [6.45, 7) is 2.59. The van der Waals surface area contributed by atoms with Crippen LogP contribution in [0.2, 0.25) is 0 Å². The summed E-state index contributed by atoms with van der Waals surface area (Å²) in [5.41, 5.74) is 4.02. The van der Waals surface area contributed by atoms with Gasteiger partial charge < -0.3 is 9.64 Å². The van der Waals surface area contributed by atoms with Crippen molar-refractivity contribution in [3.05, 3.63) is 107 Å². The maximum Gasteiger partial charge on any atom is 0.252 e. The average Bonchev–Trinajstić information content (AvgIpc) is 3.24. The molecule has 2 atom stereocenters. The third-order valence-corrected chi connectivity index (χ3v) is 6.69. The van der Waals surface area contributed by atoms with E-state index in [0.717, 1.165) is 16.7 Å². The second-order valence-electron chi connectivity index (χ2n) is 8.53. The van der Waals surface area contributed by atoms with Crippen LogP contribution in [0.5, 0.6) is 0 Å². The molecule has 1 amide bonds. The molecule has 176 valence electrons. The van der Waals surface area contributed by atoms with Crippen LogP contribution in [-0.2, 0) is 25.9 Å². The van der Waals surface area contributed by atoms with Gasteiger partial charge in [-0.15, -0.1) is 0 Å². The zero-order valence-electron chi connectivity index (χ0n) is 19.3. The Kier molecular flexibility index (Phi) is 7.12. The predicted octanol–water partition coefficient (Wildman–Crippen LogP) is 3.96. The van der Waals surface area contributed by atoms with Crippen LogP contribution in [0.15, 0.2) is 89.9 Å². The summed E-state index contributed by atoms with van der Waals surface area (Å²) >= 11 is 0. The summed E-state index contributed by atoms with van der Waals surface area (Å²) < 4.78 is 29.3. The number of amides is 1. The van der Waals surface area contributed by atoms with E-state index in [4.69, 9.17) is 4.74 Å². The smallest absolute Gasteiger partial charge is 0.252 e. The standard InChI is InChI=1S/C20H20N2O4S.C7H8/c1-27(24,25)12-11-22-13-15-9-5-6-10-16(15)18-17(20(22)23)21-19(26-18)14-7-3-2-4-8-14;1-7-5-3-2-4-6-7/h2-10,17-18H,11-13H2,1H3;2-6H,1H3. The zero-order chi connectivity index (χ0) is 24.1. The van der Waals surface area contributed by atoms with Crippen LogP contribution >= 0.6 is 0 Å². The number of aliphatic imine (C=N–C) groups is 1. The summed E-state index contributed by atoms with van der Waals surface area (Å²) in [7, 11) is -3.17. The van der Waals surface area contributed by atoms with E-state index in [1.54, 1.807) is 4.90 Å². The van der Waals surface area contributed by atoms with Gasteiger partial charge in [-0.1, -0.05) is 78.4 Å². The highest BCUT2D eigenvalue weighted by Crippen LogP contribution is 2.37. The van der Waals surface area contributed by atoms with Crippen LogP contribution in [0.25, 0.3) is 0 Å². The summed E-state index contributed by atoms with van der Waals surface area (Å²) in [6.07, 6.45) is 0.684. The number of sulfone groups is 1. The van der Waals surface area contributed by atoms with Crippen molar-refractivity contribution in [1.82, 2.24) is 4.90 Å². The highest BCUT2D eigenvalue weighted by atomic mass is 32.2. The number of benzene rings is 3. The van der Waals surface area contributed by atoms with E-state index in [1.165, 1.54) is 11.8 Å². The third-order valence-electron chi connectivity index (χ3n) is 5.76. The van der Waals surface area contributed by atoms with E-state index in [1.807, 2.05) is 72.8 Å². The predicted molar refractivity (Wildman–Crippen MR) is 133 cm³/mol. The van der Waals surface area contributed by atoms with Gasteiger partial charge in [0, 0.05) is 30.5 Å². The number of carbonyl (C=O) groups is 1. The SMILES string of the molecule is CS(=O)(=O)CCN1Cc2ccccc2C2OC(c3ccccc3)=NC2C1=O.Cc1ccccc1. The lowest BCUT2D eigenvalue weighted by Gasteiger charge is -2.22. The molecule has 2 aliphatic rings. The van der Waals surface area contributed by atoms with E-state index in [-0.39, 0.29) is 18.2 Å². The first-order valence-corrected chi connectivity index (χ1v) is 13.2. The van der Waals surface area contributed by atoms with Gasteiger partial charge in [-0.05, 0) is 24.6 Å². The fraction of sp³-hybridized carbons (Fsp3) is 0.259. The molecule has 0 aromatic heterocycles. The average molecular weight is 477 g/mol. The maximum atomic E-state index is 13.1. The molecule has 0 fully saturated rings. The van der Waals surface area contributed by atoms with E-state index >= 15 is 0 Å². The monoisotopic (exact) mass is 476 g/mol. The van der Waals surface area contributed by atoms with Gasteiger partial charge in [-0.3, -0.25) is 4.79 Å². The largest absolute Gasteiger partial charge is 0.466 e. The minimum Gasteiger partial charge on any atom is -0.466 e. The van der Waals surface area contributed by atoms with E-state index in [2.05, 4.69) is 24.0 Å². The first-order chi connectivity index (χ1) is 16.3. The molecule has 7 heteroatoms. The van der Waals surface area contributed by atoms with Crippen molar-refractivity contribution >= 4 is 21.6 Å². The van der Waals surface area contributed by atoms with Crippen molar-refractivity contribution in [2.75, 3.05) is 18.6 Å². The summed E-state index contributed by atoms with van der Waals surface area (Å²) in [5, 5.41) is 0. The number of rotatable bonds is 4. The van der Waals surface area contributed by atoms with Gasteiger partial charge in [0.2, 0.25) is 5.90 Å². The first kappa shape index (κ1) is 23.7. The third kappa shape index (κ3) is 5.72. The lowest BCUT2D eigenvalue weighted by molar-refractivity contribution is -0.133. The van der Waals surface area contributed by atoms with Crippen LogP contribution in [0, 0.1) is 6.92 Å². The zero-order valence-corrected chi connectivity index (χ0v) is 20.1. The minimum absolute atomic E-state index is 0.0750. The lowest BCUT2D eigenvalue weighted by atomic mass is 9.99. The van der Waals surface area contributed by atoms with Crippen molar-refractivity contribution in [2.45, 2.75) is 25.6 Å². The van der Waals surface area contributed by atoms with Crippen LogP contribution < -0.4 is 0 Å². The molecule has 2 unspecified atom stereocenters. The highest BCUT2D eigenvalue weighted by molar-refractivity contribution is 7.90. The van der Waals surface area contributed by atoms with E-state index in [0.29, 0.717) is 12.4 Å². The van der Waals surface area contributed by atoms with Crippen molar-refractivity contribution in [3.8, 4) is 0 Å². The van der Waals surface area contributed by atoms with Gasteiger partial charge in [-0.25, -0.2) is 13.4 Å². The quantitative estimate of drug-likeness (QED) is 0.571. The molecule has 6 nitrogen and oxygen atoms in total. The summed E-state index contributed by atoms with van der Waals surface area (Å²) in [6, 6.07) is 26.7. The molecule has 0 radical (unpaired) electrons. The fourth-order valence-electron chi connectivity index (χ4n) is 3.98. The van der Waals surface area contributed by atoms with Gasteiger partial charge >= 0.3 is 0 Å². The van der Waals surface area contributed by atoms with Gasteiger partial charge in [0.1, 0.15) is 9.84 Å². The highest BCUT2D eigenvalue weighted by Gasteiger charge is 2.43. The molecule has 0 N–H and O–H groups in total. The van der Waals surface area contributed by atoms with Gasteiger partial charge in [0.25, 0.3) is 5.91 Å². The Morgan fingerprint density at radius 1 is 0.941 bits per heavy atom. The van der Waals surface area contributed by atoms with Gasteiger partial charge in [-0.2, -0.15) is 0 Å². The number of fused-ring (bicyclic) bond motifs is 3. The molecular weight excluding hydrogens is 448 g/mol. The molecule has 3 aromatic carbocycles. The van der Waals surface area contributed by atoms with Crippen LogP contribution in [0.3, 0.4) is 0 Å². The molecule has 5 rings (SSSR count). The number of carbonyl (C=O) groups excluding carboxylic acids is 1. The second kappa shape index (κ2) is 10.2. The molecule has 0 spiro atoms. The maximum absolute atomic E-state index is 13.1. The lowest BCUT2D eigenvalue weighted by Crippen LogP contribution is -2.39. The number of nitrogens with zero attached hydrogens (tertiary/aromatic N) is 2. The minimum atomic E-state index is -3.17. The van der Waals surface area contributed by atoms with Crippen molar-refractivity contribution < 1.29 is 17.9 Å². The fourth-order valence-corrected chi connectivity index (χ4v) is 4.53. The molecule has 0 saturated heterocycles. The van der Waals surface area contributed by atoms with Crippen LogP contribution in [-0.4, -0.2) is 49.7 Å². The van der Waals surface area contributed by atoms with E-state index in [9.17, 15) is 13.2 Å². The van der Waals surface area contributed by atoms with E-state index < -0.39 is 22.0 Å². The Labute approximate surface area is 200 Å². The summed E-state index contributed by atoms with van der Waals surface area (Å²) in [5.74, 6) is 0.165. The van der Waals surface area contributed by atoms with Gasteiger partial charge in [0.15, 0.2) is 12.1 Å². The first-order valence-electron chi connectivity index (χ1n) is 11.2. The Morgan fingerprint density at radius 2 is 1.56 bits per heavy atom. The van der Waals surface area contributed by atoms with Crippen LogP contribution in [0.4, 0.5) is 0 Å². The second-order valence-corrected chi connectivity index (χ2v) is 10.8. The van der Waals surface area contributed by atoms with Crippen molar-refractivity contribution in [1.29, 1.82) is 0 Å². The van der Waals surface area contributed by atoms with Gasteiger partial charge in [0.05, 0.1) is 5.75 Å². The molecule has 2 heterocycles. The van der Waals surface area contributed by atoms with Crippen molar-refractivity contribution in [3.63, 3.8) is 0 Å². The number of hydrogen-bond donors (Lipinski definition) is 0. The molecule has 2 aliphatic heterocycles. The normalized spacial score (nSPS) is 19.1. The molecule has 3 aromatic rings. The molecule has 34 heavy (non-hydrogen) atoms. The molecule has 0 saturated carbocycles. The Balaban J connectivity index is 0.000000336.